The van der Waals surface area contributed by atoms with Crippen molar-refractivity contribution in [2.45, 2.75) is 0 Å². The van der Waals surface area contributed by atoms with Crippen LogP contribution in [0.3, 0.4) is 0 Å². The number of carboxylic acid groups (broad SMARTS) is 1. The maximum atomic E-state index is 13.2. The standard InChI is InChI=1S/C23H14N4O3/c24-14-16-7-5-15(6-8-16)9-10-20-26-19-4-2-1-3-18(19)22(28)27(20)21-13-17(23(29)30)11-12-25-21/h1-13H,(H,29,30)/b10-9+. The fourth-order valence-corrected chi connectivity index (χ4v) is 3.00. The van der Waals surface area contributed by atoms with Crippen molar-refractivity contribution in [2.24, 2.45) is 0 Å². The minimum Gasteiger partial charge on any atom is -0.478 e. The van der Waals surface area contributed by atoms with Gasteiger partial charge in [0.2, 0.25) is 0 Å². The second-order valence-electron chi connectivity index (χ2n) is 6.40. The number of aromatic nitrogens is 3. The van der Waals surface area contributed by atoms with E-state index in [4.69, 9.17) is 5.26 Å². The van der Waals surface area contributed by atoms with Crippen LogP contribution in [0.2, 0.25) is 0 Å². The van der Waals surface area contributed by atoms with Crippen molar-refractivity contribution in [3.05, 3.63) is 99.7 Å². The molecule has 2 aromatic carbocycles. The number of carbonyl (C=O) groups is 1. The van der Waals surface area contributed by atoms with Gasteiger partial charge < -0.3 is 5.11 Å². The molecular formula is C23H14N4O3. The molecule has 0 aliphatic heterocycles. The van der Waals surface area contributed by atoms with Gasteiger partial charge in [0.15, 0.2) is 0 Å². The van der Waals surface area contributed by atoms with Crippen LogP contribution >= 0.6 is 0 Å². The van der Waals surface area contributed by atoms with Gasteiger partial charge in [-0.3, -0.25) is 4.79 Å². The predicted molar refractivity (Wildman–Crippen MR) is 112 cm³/mol. The SMILES string of the molecule is N#Cc1ccc(/C=C/c2nc3ccccc3c(=O)n2-c2cc(C(=O)O)ccn2)cc1. The Labute approximate surface area is 170 Å². The molecular weight excluding hydrogens is 380 g/mol. The number of benzene rings is 2. The van der Waals surface area contributed by atoms with Crippen molar-refractivity contribution in [3.63, 3.8) is 0 Å². The van der Waals surface area contributed by atoms with Crippen LogP contribution in [0.1, 0.15) is 27.3 Å². The van der Waals surface area contributed by atoms with E-state index in [1.807, 2.05) is 0 Å². The van der Waals surface area contributed by atoms with Crippen LogP contribution in [-0.2, 0) is 0 Å². The molecule has 7 heteroatoms. The van der Waals surface area contributed by atoms with E-state index in [0.29, 0.717) is 22.3 Å². The van der Waals surface area contributed by atoms with Crippen LogP contribution in [0.25, 0.3) is 28.9 Å². The lowest BCUT2D eigenvalue weighted by atomic mass is 10.1. The van der Waals surface area contributed by atoms with Crippen molar-refractivity contribution >= 4 is 29.0 Å². The summed E-state index contributed by atoms with van der Waals surface area (Å²) in [4.78, 5) is 33.3. The highest BCUT2D eigenvalue weighted by Crippen LogP contribution is 2.15. The topological polar surface area (TPSA) is 109 Å². The predicted octanol–water partition coefficient (Wildman–Crippen LogP) is 3.52. The lowest BCUT2D eigenvalue weighted by Gasteiger charge is -2.11. The third-order valence-corrected chi connectivity index (χ3v) is 4.49. The number of nitrogens with zero attached hydrogens (tertiary/aromatic N) is 4. The summed E-state index contributed by atoms with van der Waals surface area (Å²) in [6, 6.07) is 18.6. The molecule has 0 saturated heterocycles. The Morgan fingerprint density at radius 1 is 1.07 bits per heavy atom. The van der Waals surface area contributed by atoms with Crippen molar-refractivity contribution in [3.8, 4) is 11.9 Å². The fraction of sp³-hybridized carbons (Fsp3) is 0. The van der Waals surface area contributed by atoms with Crippen molar-refractivity contribution < 1.29 is 9.90 Å². The molecule has 0 atom stereocenters. The Kier molecular flexibility index (Phi) is 4.89. The number of para-hydroxylation sites is 1. The lowest BCUT2D eigenvalue weighted by Crippen LogP contribution is -2.23. The molecule has 0 unspecified atom stereocenters. The zero-order valence-electron chi connectivity index (χ0n) is 15.6. The summed E-state index contributed by atoms with van der Waals surface area (Å²) in [5, 5.41) is 18.6. The molecule has 2 heterocycles. The molecule has 0 amide bonds. The molecule has 30 heavy (non-hydrogen) atoms. The summed E-state index contributed by atoms with van der Waals surface area (Å²) >= 11 is 0. The van der Waals surface area contributed by atoms with Gasteiger partial charge in [-0.05, 0) is 48.0 Å². The molecule has 4 aromatic rings. The Hall–Kier alpha value is -4.57. The zero-order chi connectivity index (χ0) is 21.1. The molecule has 1 N–H and O–H groups in total. The van der Waals surface area contributed by atoms with Gasteiger partial charge in [0.05, 0.1) is 28.1 Å². The third kappa shape index (κ3) is 3.57. The summed E-state index contributed by atoms with van der Waals surface area (Å²) in [5.41, 5.74) is 1.54. The number of hydrogen-bond acceptors (Lipinski definition) is 5. The average Bonchev–Trinajstić information content (AvgIpc) is 2.78. The fourth-order valence-electron chi connectivity index (χ4n) is 3.00. The number of pyridine rings is 1. The van der Waals surface area contributed by atoms with Gasteiger partial charge in [-0.25, -0.2) is 19.3 Å². The van der Waals surface area contributed by atoms with Crippen molar-refractivity contribution in [1.82, 2.24) is 14.5 Å². The highest BCUT2D eigenvalue weighted by atomic mass is 16.4. The molecule has 0 aliphatic carbocycles. The van der Waals surface area contributed by atoms with Crippen LogP contribution < -0.4 is 5.56 Å². The molecule has 0 aliphatic rings. The number of carboxylic acids is 1. The lowest BCUT2D eigenvalue weighted by molar-refractivity contribution is 0.0696. The molecule has 7 nitrogen and oxygen atoms in total. The number of fused-ring (bicyclic) bond motifs is 1. The van der Waals surface area contributed by atoms with Crippen LogP contribution in [0.4, 0.5) is 0 Å². The number of aromatic carboxylic acids is 1. The van der Waals surface area contributed by atoms with E-state index in [9.17, 15) is 14.7 Å². The molecule has 2 aromatic heterocycles. The molecule has 0 radical (unpaired) electrons. The first-order valence-electron chi connectivity index (χ1n) is 8.96. The van der Waals surface area contributed by atoms with E-state index in [1.54, 1.807) is 60.7 Å². The second-order valence-corrected chi connectivity index (χ2v) is 6.40. The minimum absolute atomic E-state index is 0.0158. The number of hydrogen-bond donors (Lipinski definition) is 1. The smallest absolute Gasteiger partial charge is 0.335 e. The van der Waals surface area contributed by atoms with Crippen molar-refractivity contribution in [2.75, 3.05) is 0 Å². The van der Waals surface area contributed by atoms with E-state index >= 15 is 0 Å². The molecule has 0 spiro atoms. The van der Waals surface area contributed by atoms with E-state index < -0.39 is 5.97 Å². The van der Waals surface area contributed by atoms with Gasteiger partial charge in [-0.2, -0.15) is 5.26 Å². The summed E-state index contributed by atoms with van der Waals surface area (Å²) in [6.07, 6.45) is 4.76. The second kappa shape index (κ2) is 7.81. The highest BCUT2D eigenvalue weighted by Gasteiger charge is 2.13. The van der Waals surface area contributed by atoms with Gasteiger partial charge in [0.25, 0.3) is 5.56 Å². The quantitative estimate of drug-likeness (QED) is 0.567. The van der Waals surface area contributed by atoms with Gasteiger partial charge in [-0.15, -0.1) is 0 Å². The van der Waals surface area contributed by atoms with E-state index in [-0.39, 0.29) is 16.9 Å². The number of rotatable bonds is 4. The van der Waals surface area contributed by atoms with Crippen LogP contribution in [0, 0.1) is 11.3 Å². The van der Waals surface area contributed by atoms with E-state index in [1.165, 1.54) is 22.9 Å². The zero-order valence-corrected chi connectivity index (χ0v) is 15.6. The maximum absolute atomic E-state index is 13.2. The summed E-state index contributed by atoms with van der Waals surface area (Å²) in [7, 11) is 0. The highest BCUT2D eigenvalue weighted by molar-refractivity contribution is 5.88. The summed E-state index contributed by atoms with van der Waals surface area (Å²) in [6.45, 7) is 0. The average molecular weight is 394 g/mol. The van der Waals surface area contributed by atoms with Gasteiger partial charge in [-0.1, -0.05) is 30.3 Å². The summed E-state index contributed by atoms with van der Waals surface area (Å²) in [5.74, 6) is -0.647. The molecule has 0 bridgehead atoms. The van der Waals surface area contributed by atoms with E-state index in [0.717, 1.165) is 5.56 Å². The van der Waals surface area contributed by atoms with Crippen molar-refractivity contribution in [1.29, 1.82) is 5.26 Å². The largest absolute Gasteiger partial charge is 0.478 e. The Morgan fingerprint density at radius 3 is 2.57 bits per heavy atom. The molecule has 4 rings (SSSR count). The van der Waals surface area contributed by atoms with Gasteiger partial charge >= 0.3 is 5.97 Å². The molecule has 0 fully saturated rings. The first kappa shape index (κ1) is 18.8. The van der Waals surface area contributed by atoms with Crippen LogP contribution in [0.15, 0.2) is 71.7 Å². The maximum Gasteiger partial charge on any atom is 0.335 e. The normalized spacial score (nSPS) is 10.9. The molecule has 144 valence electrons. The first-order chi connectivity index (χ1) is 14.6. The van der Waals surface area contributed by atoms with Gasteiger partial charge in [0, 0.05) is 6.20 Å². The third-order valence-electron chi connectivity index (χ3n) is 4.49. The monoisotopic (exact) mass is 394 g/mol. The molecule has 0 saturated carbocycles. The minimum atomic E-state index is -1.12. The number of nitriles is 1. The Bertz CT molecular complexity index is 1400. The summed E-state index contributed by atoms with van der Waals surface area (Å²) < 4.78 is 1.29. The van der Waals surface area contributed by atoms with Crippen LogP contribution in [-0.4, -0.2) is 25.6 Å². The Balaban J connectivity index is 1.91. The van der Waals surface area contributed by atoms with Gasteiger partial charge in [0.1, 0.15) is 11.6 Å². The van der Waals surface area contributed by atoms with E-state index in [2.05, 4.69) is 16.0 Å². The van der Waals surface area contributed by atoms with Crippen LogP contribution in [0.5, 0.6) is 0 Å². The first-order valence-corrected chi connectivity index (χ1v) is 8.96. The Morgan fingerprint density at radius 2 is 1.83 bits per heavy atom.